The number of carbonyl (C=O) groups is 1. The third-order valence-electron chi connectivity index (χ3n) is 4.42. The molecule has 2 rings (SSSR count). The second kappa shape index (κ2) is 7.55. The zero-order valence-corrected chi connectivity index (χ0v) is 14.4. The molecule has 1 atom stereocenters. The number of amides is 1. The lowest BCUT2D eigenvalue weighted by Crippen LogP contribution is -2.38. The van der Waals surface area contributed by atoms with E-state index in [1.807, 2.05) is 13.8 Å². The predicted molar refractivity (Wildman–Crippen MR) is 84.7 cm³/mol. The van der Waals surface area contributed by atoms with Gasteiger partial charge in [-0.05, 0) is 38.9 Å². The summed E-state index contributed by atoms with van der Waals surface area (Å²) < 4.78 is 40.0. The van der Waals surface area contributed by atoms with Gasteiger partial charge in [-0.1, -0.05) is 13.8 Å². The Balaban J connectivity index is 2.04. The smallest absolute Gasteiger partial charge is 0.353 e. The van der Waals surface area contributed by atoms with Gasteiger partial charge in [0.1, 0.15) is 6.04 Å². The van der Waals surface area contributed by atoms with Crippen molar-refractivity contribution in [3.63, 3.8) is 0 Å². The number of hydrogen-bond donors (Lipinski definition) is 1. The fourth-order valence-corrected chi connectivity index (χ4v) is 2.68. The summed E-state index contributed by atoms with van der Waals surface area (Å²) in [6.07, 6.45) is -2.80. The second-order valence-corrected chi connectivity index (χ2v) is 6.16. The zero-order chi connectivity index (χ0) is 17.9. The van der Waals surface area contributed by atoms with Crippen LogP contribution in [0.4, 0.5) is 13.2 Å². The van der Waals surface area contributed by atoms with Crippen molar-refractivity contribution in [1.82, 2.24) is 20.0 Å². The van der Waals surface area contributed by atoms with Crippen LogP contribution in [0.15, 0.2) is 6.07 Å². The molecule has 1 N–H and O–H groups in total. The summed E-state index contributed by atoms with van der Waals surface area (Å²) in [5, 5.41) is 6.45. The molecule has 0 bridgehead atoms. The molecule has 0 aliphatic heterocycles. The first kappa shape index (κ1) is 18.8. The van der Waals surface area contributed by atoms with Crippen LogP contribution in [-0.2, 0) is 11.0 Å². The minimum Gasteiger partial charge on any atom is -0.353 e. The number of aromatic nitrogens is 2. The van der Waals surface area contributed by atoms with E-state index in [9.17, 15) is 18.0 Å². The number of nitrogens with one attached hydrogen (secondary N) is 1. The number of rotatable bonds is 8. The van der Waals surface area contributed by atoms with Crippen LogP contribution < -0.4 is 5.32 Å². The van der Waals surface area contributed by atoms with E-state index < -0.39 is 17.9 Å². The van der Waals surface area contributed by atoms with Crippen LogP contribution in [0.3, 0.4) is 0 Å². The molecule has 0 radical (unpaired) electrons. The molecule has 1 aromatic heterocycles. The lowest BCUT2D eigenvalue weighted by atomic mass is 10.2. The largest absolute Gasteiger partial charge is 0.435 e. The van der Waals surface area contributed by atoms with E-state index >= 15 is 0 Å². The Labute approximate surface area is 140 Å². The molecular formula is C16H25F3N4O. The Hall–Kier alpha value is -1.57. The van der Waals surface area contributed by atoms with Crippen molar-refractivity contribution >= 4 is 5.91 Å². The van der Waals surface area contributed by atoms with E-state index in [2.05, 4.69) is 15.3 Å². The van der Waals surface area contributed by atoms with Crippen LogP contribution in [0.5, 0.6) is 0 Å². The molecule has 1 saturated carbocycles. The second-order valence-electron chi connectivity index (χ2n) is 6.16. The first-order chi connectivity index (χ1) is 11.3. The number of halogens is 3. The fraction of sp³-hybridized carbons (Fsp3) is 0.750. The van der Waals surface area contributed by atoms with Crippen molar-refractivity contribution < 1.29 is 18.0 Å². The van der Waals surface area contributed by atoms with Crippen LogP contribution in [-0.4, -0.2) is 46.8 Å². The highest BCUT2D eigenvalue weighted by Crippen LogP contribution is 2.42. The summed E-state index contributed by atoms with van der Waals surface area (Å²) in [5.41, 5.74) is -0.416. The van der Waals surface area contributed by atoms with Crippen molar-refractivity contribution in [2.24, 2.45) is 0 Å². The topological polar surface area (TPSA) is 50.2 Å². The highest BCUT2D eigenvalue weighted by Gasteiger charge is 2.39. The Bertz CT molecular complexity index is 562. The highest BCUT2D eigenvalue weighted by atomic mass is 19.4. The summed E-state index contributed by atoms with van der Waals surface area (Å²) in [5.74, 6) is -0.222. The number of nitrogens with zero attached hydrogens (tertiary/aromatic N) is 3. The molecule has 1 aromatic rings. The average Bonchev–Trinajstić information content (AvgIpc) is 3.27. The molecule has 136 valence electrons. The van der Waals surface area contributed by atoms with Crippen molar-refractivity contribution in [2.75, 3.05) is 26.2 Å². The first-order valence-electron chi connectivity index (χ1n) is 8.44. The summed E-state index contributed by atoms with van der Waals surface area (Å²) in [6.45, 7) is 8.64. The summed E-state index contributed by atoms with van der Waals surface area (Å²) in [6, 6.07) is 0.325. The molecule has 1 unspecified atom stereocenters. The predicted octanol–water partition coefficient (Wildman–Crippen LogP) is 2.80. The monoisotopic (exact) mass is 346 g/mol. The van der Waals surface area contributed by atoms with E-state index in [0.717, 1.165) is 32.0 Å². The Morgan fingerprint density at radius 1 is 1.42 bits per heavy atom. The lowest BCUT2D eigenvalue weighted by Gasteiger charge is -2.20. The standard InChI is InChI=1S/C16H25F3N4O/c1-4-22(5-2)9-8-20-15(24)11(3)23-13(12-6-7-12)10-14(21-23)16(17,18)19/h10-12H,4-9H2,1-3H3,(H,20,24). The number of likely N-dealkylation sites (N-methyl/N-ethyl adjacent to an activating group) is 1. The molecule has 8 heteroatoms. The molecule has 5 nitrogen and oxygen atoms in total. The summed E-state index contributed by atoms with van der Waals surface area (Å²) >= 11 is 0. The van der Waals surface area contributed by atoms with Gasteiger partial charge < -0.3 is 10.2 Å². The van der Waals surface area contributed by atoms with E-state index in [0.29, 0.717) is 18.8 Å². The number of hydrogen-bond acceptors (Lipinski definition) is 3. The maximum absolute atomic E-state index is 12.9. The van der Waals surface area contributed by atoms with E-state index in [-0.39, 0.29) is 11.8 Å². The van der Waals surface area contributed by atoms with Gasteiger partial charge in [-0.25, -0.2) is 0 Å². The SMILES string of the molecule is CCN(CC)CCNC(=O)C(C)n1nc(C(F)(F)F)cc1C1CC1. The van der Waals surface area contributed by atoms with E-state index in [1.165, 1.54) is 4.68 Å². The van der Waals surface area contributed by atoms with Gasteiger partial charge in [0.15, 0.2) is 5.69 Å². The minimum atomic E-state index is -4.49. The van der Waals surface area contributed by atoms with Crippen molar-refractivity contribution in [3.8, 4) is 0 Å². The Morgan fingerprint density at radius 3 is 2.54 bits per heavy atom. The first-order valence-corrected chi connectivity index (χ1v) is 8.44. The van der Waals surface area contributed by atoms with E-state index in [1.54, 1.807) is 6.92 Å². The van der Waals surface area contributed by atoms with Crippen LogP contribution in [0.25, 0.3) is 0 Å². The van der Waals surface area contributed by atoms with Crippen LogP contribution in [0.2, 0.25) is 0 Å². The van der Waals surface area contributed by atoms with Crippen molar-refractivity contribution in [1.29, 1.82) is 0 Å². The van der Waals surface area contributed by atoms with Gasteiger partial charge in [0.05, 0.1) is 0 Å². The van der Waals surface area contributed by atoms with E-state index in [4.69, 9.17) is 0 Å². The Kier molecular flexibility index (Phi) is 5.90. The van der Waals surface area contributed by atoms with Crippen LogP contribution >= 0.6 is 0 Å². The number of alkyl halides is 3. The average molecular weight is 346 g/mol. The molecule has 0 saturated heterocycles. The molecule has 1 aliphatic rings. The van der Waals surface area contributed by atoms with Gasteiger partial charge >= 0.3 is 6.18 Å². The lowest BCUT2D eigenvalue weighted by molar-refractivity contribution is -0.142. The molecule has 0 spiro atoms. The quantitative estimate of drug-likeness (QED) is 0.787. The molecule has 1 fully saturated rings. The molecule has 1 aliphatic carbocycles. The molecule has 0 aromatic carbocycles. The maximum Gasteiger partial charge on any atom is 0.435 e. The molecule has 1 heterocycles. The van der Waals surface area contributed by atoms with Gasteiger partial charge in [-0.2, -0.15) is 18.3 Å². The number of carbonyl (C=O) groups excluding carboxylic acids is 1. The van der Waals surface area contributed by atoms with Crippen LogP contribution in [0.1, 0.15) is 57.0 Å². The summed E-state index contributed by atoms with van der Waals surface area (Å²) in [7, 11) is 0. The zero-order valence-electron chi connectivity index (χ0n) is 14.4. The molecule has 1 amide bonds. The third kappa shape index (κ3) is 4.49. The fourth-order valence-electron chi connectivity index (χ4n) is 2.68. The van der Waals surface area contributed by atoms with Crippen LogP contribution in [0, 0.1) is 0 Å². The Morgan fingerprint density at radius 2 is 2.04 bits per heavy atom. The molecular weight excluding hydrogens is 321 g/mol. The maximum atomic E-state index is 12.9. The third-order valence-corrected chi connectivity index (χ3v) is 4.42. The van der Waals surface area contributed by atoms with Gasteiger partial charge in [0, 0.05) is 24.7 Å². The van der Waals surface area contributed by atoms with Gasteiger partial charge in [-0.3, -0.25) is 9.48 Å². The van der Waals surface area contributed by atoms with Gasteiger partial charge in [0.25, 0.3) is 0 Å². The molecule has 24 heavy (non-hydrogen) atoms. The minimum absolute atomic E-state index is 0.0829. The van der Waals surface area contributed by atoms with Crippen molar-refractivity contribution in [2.45, 2.75) is 51.7 Å². The van der Waals surface area contributed by atoms with Gasteiger partial charge in [-0.15, -0.1) is 0 Å². The van der Waals surface area contributed by atoms with Gasteiger partial charge in [0.2, 0.25) is 5.91 Å². The van der Waals surface area contributed by atoms with Crippen molar-refractivity contribution in [3.05, 3.63) is 17.5 Å². The normalized spacial score (nSPS) is 16.5. The highest BCUT2D eigenvalue weighted by molar-refractivity contribution is 5.79. The summed E-state index contributed by atoms with van der Waals surface area (Å²) in [4.78, 5) is 14.4.